The third-order valence-electron chi connectivity index (χ3n) is 10.3. The first-order chi connectivity index (χ1) is 25.0. The molecule has 1 heterocycles. The normalized spacial score (nSPS) is 12.7. The lowest BCUT2D eigenvalue weighted by Gasteiger charge is -2.21. The number of rotatable bonds is 6. The second-order valence-corrected chi connectivity index (χ2v) is 13.9. The fourth-order valence-corrected chi connectivity index (χ4v) is 7.56. The van der Waals surface area contributed by atoms with E-state index in [1.54, 1.807) is 0 Å². The van der Waals surface area contributed by atoms with Gasteiger partial charge in [-0.3, -0.25) is 0 Å². The monoisotopic (exact) mass is 652 g/mol. The summed E-state index contributed by atoms with van der Waals surface area (Å²) in [7, 11) is 0. The van der Waals surface area contributed by atoms with Crippen LogP contribution >= 0.6 is 0 Å². The largest absolute Gasteiger partial charge is 0.228 e. The van der Waals surface area contributed by atoms with Crippen molar-refractivity contribution in [2.24, 2.45) is 0 Å². The predicted octanol–water partition coefficient (Wildman–Crippen LogP) is 12.8. The van der Waals surface area contributed by atoms with Crippen molar-refractivity contribution in [3.63, 3.8) is 0 Å². The lowest BCUT2D eigenvalue weighted by atomic mass is 9.82. The lowest BCUT2D eigenvalue weighted by molar-refractivity contribution is 0.660. The van der Waals surface area contributed by atoms with E-state index in [0.717, 1.165) is 39.2 Å². The molecule has 0 N–H and O–H groups in total. The van der Waals surface area contributed by atoms with E-state index >= 15 is 0 Å². The molecule has 0 saturated heterocycles. The van der Waals surface area contributed by atoms with Crippen LogP contribution in [-0.4, -0.2) is 9.97 Å². The molecule has 0 radical (unpaired) electrons. The summed E-state index contributed by atoms with van der Waals surface area (Å²) in [4.78, 5) is 10.2. The van der Waals surface area contributed by atoms with Crippen LogP contribution in [0.5, 0.6) is 0 Å². The van der Waals surface area contributed by atoms with Crippen molar-refractivity contribution in [3.05, 3.63) is 193 Å². The molecule has 1 aliphatic rings. The highest BCUT2D eigenvalue weighted by molar-refractivity contribution is 5.85. The summed E-state index contributed by atoms with van der Waals surface area (Å²) in [5.41, 5.74) is 17.5. The summed E-state index contributed by atoms with van der Waals surface area (Å²) in [5, 5.41) is 0. The van der Waals surface area contributed by atoms with Gasteiger partial charge >= 0.3 is 0 Å². The second-order valence-electron chi connectivity index (χ2n) is 13.9. The van der Waals surface area contributed by atoms with E-state index in [4.69, 9.17) is 9.97 Å². The van der Waals surface area contributed by atoms with Crippen LogP contribution in [0.4, 0.5) is 0 Å². The molecular weight excluding hydrogens is 617 g/mol. The molecule has 0 bridgehead atoms. The predicted molar refractivity (Wildman–Crippen MR) is 212 cm³/mol. The van der Waals surface area contributed by atoms with Gasteiger partial charge in [-0.05, 0) is 79.9 Å². The zero-order valence-electron chi connectivity index (χ0n) is 28.7. The van der Waals surface area contributed by atoms with Crippen LogP contribution in [0.15, 0.2) is 182 Å². The number of fused-ring (bicyclic) bond motifs is 3. The van der Waals surface area contributed by atoms with Crippen LogP contribution in [0, 0.1) is 0 Å². The van der Waals surface area contributed by atoms with E-state index < -0.39 is 0 Å². The van der Waals surface area contributed by atoms with E-state index in [1.165, 1.54) is 44.5 Å². The summed E-state index contributed by atoms with van der Waals surface area (Å²) in [6.07, 6.45) is 0. The molecule has 2 heteroatoms. The highest BCUT2D eigenvalue weighted by Crippen LogP contribution is 2.49. The quantitative estimate of drug-likeness (QED) is 0.179. The zero-order chi connectivity index (χ0) is 34.4. The standard InChI is InChI=1S/C49H36N2/c1-49(2)44-22-10-9-21-42(44)43-31-40(27-28-45(43)49)39-19-11-17-37(29-39)34-23-25-36(26-24-34)48-50-46(35-15-7-4-8-16-35)32-47(51-48)41-20-12-18-38(30-41)33-13-5-3-6-14-33/h3-32H,1-2H3. The molecule has 0 saturated carbocycles. The third kappa shape index (κ3) is 5.65. The number of nitrogens with zero attached hydrogens (tertiary/aromatic N) is 2. The average Bonchev–Trinajstić information content (AvgIpc) is 3.44. The van der Waals surface area contributed by atoms with Gasteiger partial charge < -0.3 is 0 Å². The van der Waals surface area contributed by atoms with Gasteiger partial charge in [-0.15, -0.1) is 0 Å². The summed E-state index contributed by atoms with van der Waals surface area (Å²) < 4.78 is 0. The number of hydrogen-bond donors (Lipinski definition) is 0. The molecule has 1 aromatic heterocycles. The Morgan fingerprint density at radius 2 is 0.765 bits per heavy atom. The summed E-state index contributed by atoms with van der Waals surface area (Å²) in [6.45, 7) is 4.66. The molecule has 2 nitrogen and oxygen atoms in total. The SMILES string of the molecule is CC1(C)c2ccccc2-c2cc(-c3cccc(-c4ccc(-c5nc(-c6ccccc6)cc(-c6cccc(-c7ccccc7)c6)n5)cc4)c3)ccc21. The molecule has 1 aliphatic carbocycles. The maximum Gasteiger partial charge on any atom is 0.160 e. The second kappa shape index (κ2) is 12.5. The van der Waals surface area contributed by atoms with Crippen LogP contribution in [-0.2, 0) is 5.41 Å². The van der Waals surface area contributed by atoms with Crippen molar-refractivity contribution in [2.45, 2.75) is 19.3 Å². The number of benzene rings is 7. The Balaban J connectivity index is 1.06. The lowest BCUT2D eigenvalue weighted by Crippen LogP contribution is -2.14. The van der Waals surface area contributed by atoms with Gasteiger partial charge in [0.1, 0.15) is 0 Å². The highest BCUT2D eigenvalue weighted by atomic mass is 14.9. The molecule has 0 aliphatic heterocycles. The summed E-state index contributed by atoms with van der Waals surface area (Å²) >= 11 is 0. The minimum Gasteiger partial charge on any atom is -0.228 e. The maximum absolute atomic E-state index is 5.13. The number of hydrogen-bond acceptors (Lipinski definition) is 2. The van der Waals surface area contributed by atoms with Gasteiger partial charge in [0.25, 0.3) is 0 Å². The first-order valence-corrected chi connectivity index (χ1v) is 17.6. The molecule has 9 rings (SSSR count). The number of aromatic nitrogens is 2. The van der Waals surface area contributed by atoms with Crippen LogP contribution in [0.2, 0.25) is 0 Å². The molecular formula is C49H36N2. The fourth-order valence-electron chi connectivity index (χ4n) is 7.56. The van der Waals surface area contributed by atoms with Gasteiger partial charge in [0.15, 0.2) is 5.82 Å². The minimum absolute atomic E-state index is 0.00530. The fraction of sp³-hybridized carbons (Fsp3) is 0.0612. The molecule has 0 fully saturated rings. The van der Waals surface area contributed by atoms with Crippen molar-refractivity contribution in [2.75, 3.05) is 0 Å². The first-order valence-electron chi connectivity index (χ1n) is 17.6. The van der Waals surface area contributed by atoms with Crippen molar-refractivity contribution in [1.29, 1.82) is 0 Å². The summed E-state index contributed by atoms with van der Waals surface area (Å²) in [6, 6.07) is 64.8. The molecule has 0 spiro atoms. The minimum atomic E-state index is 0.00530. The Bertz CT molecular complexity index is 2530. The van der Waals surface area contributed by atoms with E-state index in [9.17, 15) is 0 Å². The van der Waals surface area contributed by atoms with Gasteiger partial charge in [0, 0.05) is 22.1 Å². The highest BCUT2D eigenvalue weighted by Gasteiger charge is 2.35. The van der Waals surface area contributed by atoms with Crippen molar-refractivity contribution < 1.29 is 0 Å². The van der Waals surface area contributed by atoms with Crippen molar-refractivity contribution >= 4 is 0 Å². The zero-order valence-corrected chi connectivity index (χ0v) is 28.7. The Hall–Kier alpha value is -6.38. The molecule has 7 aromatic carbocycles. The van der Waals surface area contributed by atoms with Gasteiger partial charge in [-0.25, -0.2) is 9.97 Å². The van der Waals surface area contributed by atoms with E-state index in [-0.39, 0.29) is 5.41 Å². The van der Waals surface area contributed by atoms with E-state index in [0.29, 0.717) is 5.82 Å². The third-order valence-corrected chi connectivity index (χ3v) is 10.3. The first kappa shape index (κ1) is 30.7. The molecule has 242 valence electrons. The van der Waals surface area contributed by atoms with Crippen LogP contribution in [0.25, 0.3) is 78.4 Å². The van der Waals surface area contributed by atoms with Gasteiger partial charge in [0.2, 0.25) is 0 Å². The molecule has 0 atom stereocenters. The smallest absolute Gasteiger partial charge is 0.160 e. The molecule has 0 unspecified atom stereocenters. The Labute approximate surface area is 299 Å². The van der Waals surface area contributed by atoms with E-state index in [1.807, 2.05) is 12.1 Å². The molecule has 8 aromatic rings. The van der Waals surface area contributed by atoms with Gasteiger partial charge in [-0.2, -0.15) is 0 Å². The van der Waals surface area contributed by atoms with Gasteiger partial charge in [-0.1, -0.05) is 172 Å². The summed E-state index contributed by atoms with van der Waals surface area (Å²) in [5.74, 6) is 0.707. The van der Waals surface area contributed by atoms with E-state index in [2.05, 4.69) is 184 Å². The van der Waals surface area contributed by atoms with Gasteiger partial charge in [0.05, 0.1) is 11.4 Å². The Kier molecular flexibility index (Phi) is 7.51. The van der Waals surface area contributed by atoms with Crippen LogP contribution in [0.3, 0.4) is 0 Å². The Morgan fingerprint density at radius 1 is 0.314 bits per heavy atom. The van der Waals surface area contributed by atoms with Crippen LogP contribution < -0.4 is 0 Å². The molecule has 0 amide bonds. The van der Waals surface area contributed by atoms with Crippen molar-refractivity contribution in [3.8, 4) is 78.4 Å². The maximum atomic E-state index is 5.13. The average molecular weight is 653 g/mol. The van der Waals surface area contributed by atoms with Crippen LogP contribution in [0.1, 0.15) is 25.0 Å². The Morgan fingerprint density at radius 3 is 1.47 bits per heavy atom. The molecule has 51 heavy (non-hydrogen) atoms. The topological polar surface area (TPSA) is 25.8 Å². The van der Waals surface area contributed by atoms with Crippen molar-refractivity contribution in [1.82, 2.24) is 9.97 Å².